The number of hydrogen-bond donors (Lipinski definition) is 1. The maximum Gasteiger partial charge on any atom is 0.231 e. The lowest BCUT2D eigenvalue weighted by Gasteiger charge is -2.37. The van der Waals surface area contributed by atoms with Crippen LogP contribution in [0.2, 0.25) is 0 Å². The predicted octanol–water partition coefficient (Wildman–Crippen LogP) is 1.41. The van der Waals surface area contributed by atoms with Crippen LogP contribution < -0.4 is 5.32 Å². The van der Waals surface area contributed by atoms with E-state index in [-0.39, 0.29) is 17.7 Å². The molecule has 17 heavy (non-hydrogen) atoms. The number of rotatable bonds is 2. The Kier molecular flexibility index (Phi) is 3.13. The van der Waals surface area contributed by atoms with Gasteiger partial charge in [-0.25, -0.2) is 0 Å². The number of amides is 2. The summed E-state index contributed by atoms with van der Waals surface area (Å²) < 4.78 is 0. The van der Waals surface area contributed by atoms with Crippen LogP contribution in [0.25, 0.3) is 0 Å². The lowest BCUT2D eigenvalue weighted by molar-refractivity contribution is -0.139. The molecule has 0 aliphatic carbocycles. The molecule has 1 N–H and O–H groups in total. The van der Waals surface area contributed by atoms with Crippen molar-refractivity contribution >= 4 is 17.5 Å². The molecule has 0 radical (unpaired) electrons. The number of likely N-dealkylation sites (tertiary alicyclic amines) is 1. The first-order chi connectivity index (χ1) is 8.06. The molecule has 0 spiro atoms. The highest BCUT2D eigenvalue weighted by atomic mass is 16.2. The van der Waals surface area contributed by atoms with Gasteiger partial charge >= 0.3 is 0 Å². The number of anilines is 1. The lowest BCUT2D eigenvalue weighted by Crippen LogP contribution is -2.53. The van der Waals surface area contributed by atoms with Gasteiger partial charge < -0.3 is 10.2 Å². The molecule has 1 saturated heterocycles. The summed E-state index contributed by atoms with van der Waals surface area (Å²) in [5, 5.41) is 2.85. The Hall–Kier alpha value is -1.84. The largest absolute Gasteiger partial charge is 0.341 e. The first-order valence-electron chi connectivity index (χ1n) is 5.69. The summed E-state index contributed by atoms with van der Waals surface area (Å²) in [6, 6.07) is 7.68. The van der Waals surface area contributed by atoms with Crippen LogP contribution in [-0.4, -0.2) is 29.8 Å². The third-order valence-corrected chi connectivity index (χ3v) is 3.02. The second-order valence-corrected chi connectivity index (χ2v) is 4.48. The van der Waals surface area contributed by atoms with Gasteiger partial charge in [-0.05, 0) is 19.1 Å². The van der Waals surface area contributed by atoms with E-state index in [1.54, 1.807) is 4.90 Å². The summed E-state index contributed by atoms with van der Waals surface area (Å²) in [7, 11) is 0. The summed E-state index contributed by atoms with van der Waals surface area (Å²) in [4.78, 5) is 24.4. The van der Waals surface area contributed by atoms with Crippen molar-refractivity contribution in [3.63, 3.8) is 0 Å². The molecule has 0 saturated carbocycles. The molecule has 0 atom stereocenters. The maximum atomic E-state index is 11.8. The molecule has 1 aromatic rings. The fourth-order valence-corrected chi connectivity index (χ4v) is 1.78. The Balaban J connectivity index is 1.87. The highest BCUT2D eigenvalue weighted by molar-refractivity contribution is 5.94. The van der Waals surface area contributed by atoms with Crippen molar-refractivity contribution in [1.29, 1.82) is 0 Å². The molecule has 4 heteroatoms. The van der Waals surface area contributed by atoms with Gasteiger partial charge in [0, 0.05) is 25.7 Å². The molecule has 2 rings (SSSR count). The smallest absolute Gasteiger partial charge is 0.231 e. The Morgan fingerprint density at radius 2 is 1.82 bits per heavy atom. The number of nitrogens with zero attached hydrogens (tertiary/aromatic N) is 1. The van der Waals surface area contributed by atoms with Crippen molar-refractivity contribution in [3.05, 3.63) is 29.8 Å². The first-order valence-corrected chi connectivity index (χ1v) is 5.69. The van der Waals surface area contributed by atoms with Gasteiger partial charge in [-0.15, -0.1) is 0 Å². The average molecular weight is 232 g/mol. The highest BCUT2D eigenvalue weighted by Crippen LogP contribution is 2.18. The number of carbonyl (C=O) groups is 2. The Morgan fingerprint density at radius 1 is 1.24 bits per heavy atom. The fraction of sp³-hybridized carbons (Fsp3) is 0.385. The van der Waals surface area contributed by atoms with Crippen LogP contribution in [0.3, 0.4) is 0 Å². The number of carbonyl (C=O) groups excluding carboxylic acids is 2. The van der Waals surface area contributed by atoms with E-state index in [2.05, 4.69) is 5.32 Å². The Morgan fingerprint density at radius 3 is 2.35 bits per heavy atom. The van der Waals surface area contributed by atoms with Crippen molar-refractivity contribution < 1.29 is 9.59 Å². The Labute approximate surface area is 101 Å². The van der Waals surface area contributed by atoms with Gasteiger partial charge in [0.2, 0.25) is 11.8 Å². The summed E-state index contributed by atoms with van der Waals surface area (Å²) in [6.45, 7) is 4.59. The van der Waals surface area contributed by atoms with Gasteiger partial charge in [-0.3, -0.25) is 9.59 Å². The zero-order chi connectivity index (χ0) is 12.4. The van der Waals surface area contributed by atoms with E-state index in [1.165, 1.54) is 6.92 Å². The van der Waals surface area contributed by atoms with Gasteiger partial charge in [-0.2, -0.15) is 0 Å². The maximum absolute atomic E-state index is 11.8. The molecular formula is C13H16N2O2. The second kappa shape index (κ2) is 4.57. The topological polar surface area (TPSA) is 49.4 Å². The molecule has 1 aromatic carbocycles. The molecule has 0 bridgehead atoms. The SMILES string of the molecule is CC(=O)N1CC(C(=O)Nc2ccc(C)cc2)C1. The lowest BCUT2D eigenvalue weighted by atomic mass is 9.99. The van der Waals surface area contributed by atoms with Crippen LogP contribution in [0.1, 0.15) is 12.5 Å². The van der Waals surface area contributed by atoms with E-state index in [0.717, 1.165) is 11.3 Å². The van der Waals surface area contributed by atoms with Crippen LogP contribution in [0.15, 0.2) is 24.3 Å². The molecule has 90 valence electrons. The molecule has 1 heterocycles. The summed E-state index contributed by atoms with van der Waals surface area (Å²) >= 11 is 0. The number of hydrogen-bond acceptors (Lipinski definition) is 2. The third-order valence-electron chi connectivity index (χ3n) is 3.02. The van der Waals surface area contributed by atoms with Crippen molar-refractivity contribution in [2.45, 2.75) is 13.8 Å². The van der Waals surface area contributed by atoms with E-state index in [1.807, 2.05) is 31.2 Å². The second-order valence-electron chi connectivity index (χ2n) is 4.48. The van der Waals surface area contributed by atoms with E-state index in [9.17, 15) is 9.59 Å². The van der Waals surface area contributed by atoms with Crippen LogP contribution in [0, 0.1) is 12.8 Å². The van der Waals surface area contributed by atoms with Crippen molar-refractivity contribution in [3.8, 4) is 0 Å². The van der Waals surface area contributed by atoms with Gasteiger partial charge in [0.1, 0.15) is 0 Å². The van der Waals surface area contributed by atoms with Crippen molar-refractivity contribution in [1.82, 2.24) is 4.90 Å². The predicted molar refractivity (Wildman–Crippen MR) is 65.6 cm³/mol. The number of benzene rings is 1. The van der Waals surface area contributed by atoms with Gasteiger partial charge in [0.25, 0.3) is 0 Å². The zero-order valence-corrected chi connectivity index (χ0v) is 10.1. The van der Waals surface area contributed by atoms with Gasteiger partial charge in [0.15, 0.2) is 0 Å². The van der Waals surface area contributed by atoms with Crippen LogP contribution >= 0.6 is 0 Å². The molecule has 1 aliphatic heterocycles. The van der Waals surface area contributed by atoms with Crippen LogP contribution in [0.5, 0.6) is 0 Å². The molecule has 2 amide bonds. The normalized spacial score (nSPS) is 15.3. The molecular weight excluding hydrogens is 216 g/mol. The monoisotopic (exact) mass is 232 g/mol. The highest BCUT2D eigenvalue weighted by Gasteiger charge is 2.33. The third kappa shape index (κ3) is 2.64. The van der Waals surface area contributed by atoms with Gasteiger partial charge in [-0.1, -0.05) is 17.7 Å². The summed E-state index contributed by atoms with van der Waals surface area (Å²) in [5.41, 5.74) is 1.97. The van der Waals surface area contributed by atoms with Crippen molar-refractivity contribution in [2.75, 3.05) is 18.4 Å². The molecule has 0 aromatic heterocycles. The number of nitrogens with one attached hydrogen (secondary N) is 1. The van der Waals surface area contributed by atoms with Crippen molar-refractivity contribution in [2.24, 2.45) is 5.92 Å². The van der Waals surface area contributed by atoms with Gasteiger partial charge in [0.05, 0.1) is 5.92 Å². The zero-order valence-electron chi connectivity index (χ0n) is 10.1. The summed E-state index contributed by atoms with van der Waals surface area (Å²) in [6.07, 6.45) is 0. The molecule has 1 fully saturated rings. The first kappa shape index (κ1) is 11.6. The quantitative estimate of drug-likeness (QED) is 0.838. The Bertz CT molecular complexity index is 433. The molecule has 4 nitrogen and oxygen atoms in total. The van der Waals surface area contributed by atoms with E-state index >= 15 is 0 Å². The van der Waals surface area contributed by atoms with E-state index in [4.69, 9.17) is 0 Å². The minimum atomic E-state index is -0.0693. The summed E-state index contributed by atoms with van der Waals surface area (Å²) in [5.74, 6) is -0.0454. The number of aryl methyl sites for hydroxylation is 1. The molecule has 0 unspecified atom stereocenters. The molecule has 1 aliphatic rings. The van der Waals surface area contributed by atoms with E-state index < -0.39 is 0 Å². The average Bonchev–Trinajstić information content (AvgIpc) is 2.18. The minimum Gasteiger partial charge on any atom is -0.341 e. The van der Waals surface area contributed by atoms with Crippen LogP contribution in [-0.2, 0) is 9.59 Å². The minimum absolute atomic E-state index is 0.00801. The standard InChI is InChI=1S/C13H16N2O2/c1-9-3-5-12(6-4-9)14-13(17)11-7-15(8-11)10(2)16/h3-6,11H,7-8H2,1-2H3,(H,14,17). The fourth-order valence-electron chi connectivity index (χ4n) is 1.78. The van der Waals surface area contributed by atoms with Crippen LogP contribution in [0.4, 0.5) is 5.69 Å². The van der Waals surface area contributed by atoms with E-state index in [0.29, 0.717) is 13.1 Å².